The van der Waals surface area contributed by atoms with Gasteiger partial charge in [-0.2, -0.15) is 0 Å². The molecule has 0 radical (unpaired) electrons. The Balaban J connectivity index is 3.86. The van der Waals surface area contributed by atoms with E-state index in [4.69, 9.17) is 14.2 Å². The minimum Gasteiger partial charge on any atom is -0.431 e. The van der Waals surface area contributed by atoms with Crippen molar-refractivity contribution in [2.24, 2.45) is 0 Å². The summed E-state index contributed by atoms with van der Waals surface area (Å²) < 4.78 is 15.2. The topological polar surface area (TPSA) is 27.7 Å². The largest absolute Gasteiger partial charge is 0.431 e. The molecule has 3 heteroatoms. The lowest BCUT2D eigenvalue weighted by atomic mass is 10.7. The van der Waals surface area contributed by atoms with Gasteiger partial charge < -0.3 is 14.2 Å². The smallest absolute Gasteiger partial charge is 0.404 e. The Labute approximate surface area is 79.3 Å². The zero-order valence-corrected chi connectivity index (χ0v) is 8.27. The van der Waals surface area contributed by atoms with Crippen LogP contribution >= 0.6 is 0 Å². The SMILES string of the molecule is C/C=C/OC(O/C=C/C)O/C=C/C. The molecule has 74 valence electrons. The molecule has 0 saturated carbocycles. The van der Waals surface area contributed by atoms with Gasteiger partial charge in [0.1, 0.15) is 0 Å². The summed E-state index contributed by atoms with van der Waals surface area (Å²) in [6.45, 7) is 4.83. The number of hydrogen-bond donors (Lipinski definition) is 0. The predicted octanol–water partition coefficient (Wildman–Crippen LogP) is 2.92. The Morgan fingerprint density at radius 1 is 0.692 bits per heavy atom. The number of hydrogen-bond acceptors (Lipinski definition) is 3. The Kier molecular flexibility index (Phi) is 7.79. The Morgan fingerprint density at radius 2 is 1.00 bits per heavy atom. The van der Waals surface area contributed by atoms with Gasteiger partial charge in [-0.15, -0.1) is 0 Å². The molecule has 0 rings (SSSR count). The first-order valence-corrected chi connectivity index (χ1v) is 4.15. The van der Waals surface area contributed by atoms with Gasteiger partial charge in [0.15, 0.2) is 0 Å². The fourth-order valence-electron chi connectivity index (χ4n) is 0.524. The quantitative estimate of drug-likeness (QED) is 0.469. The lowest BCUT2D eigenvalue weighted by Crippen LogP contribution is -2.13. The number of rotatable bonds is 6. The number of ether oxygens (including phenoxy) is 3. The molecular formula is C10H16O3. The highest BCUT2D eigenvalue weighted by atomic mass is 16.8. The molecule has 0 aromatic rings. The molecule has 0 spiro atoms. The van der Waals surface area contributed by atoms with E-state index in [0.717, 1.165) is 0 Å². The van der Waals surface area contributed by atoms with Gasteiger partial charge in [0, 0.05) is 0 Å². The van der Waals surface area contributed by atoms with Crippen molar-refractivity contribution in [3.05, 3.63) is 37.0 Å². The molecule has 13 heavy (non-hydrogen) atoms. The molecule has 0 aliphatic heterocycles. The summed E-state index contributed by atoms with van der Waals surface area (Å²) in [6.07, 6.45) is 9.80. The maximum atomic E-state index is 5.07. The van der Waals surface area contributed by atoms with Crippen LogP contribution in [0.2, 0.25) is 0 Å². The van der Waals surface area contributed by atoms with Crippen molar-refractivity contribution in [1.82, 2.24) is 0 Å². The van der Waals surface area contributed by atoms with Crippen LogP contribution in [0.4, 0.5) is 0 Å². The highest BCUT2D eigenvalue weighted by Crippen LogP contribution is 2.00. The summed E-state index contributed by atoms with van der Waals surface area (Å²) in [5, 5.41) is 0. The average molecular weight is 184 g/mol. The van der Waals surface area contributed by atoms with E-state index in [1.807, 2.05) is 20.8 Å². The summed E-state index contributed by atoms with van der Waals surface area (Å²) >= 11 is 0. The van der Waals surface area contributed by atoms with Gasteiger partial charge in [-0.1, -0.05) is 18.2 Å². The van der Waals surface area contributed by atoms with Gasteiger partial charge in [0.2, 0.25) is 0 Å². The average Bonchev–Trinajstić information content (AvgIpc) is 2.17. The van der Waals surface area contributed by atoms with Crippen molar-refractivity contribution in [3.8, 4) is 0 Å². The molecule has 0 fully saturated rings. The van der Waals surface area contributed by atoms with Crippen LogP contribution < -0.4 is 0 Å². The van der Waals surface area contributed by atoms with E-state index >= 15 is 0 Å². The second-order valence-corrected chi connectivity index (χ2v) is 2.11. The molecule has 0 aromatic carbocycles. The zero-order valence-electron chi connectivity index (χ0n) is 8.27. The van der Waals surface area contributed by atoms with E-state index in [1.54, 1.807) is 18.2 Å². The van der Waals surface area contributed by atoms with Crippen LogP contribution in [0, 0.1) is 0 Å². The van der Waals surface area contributed by atoms with Gasteiger partial charge in [0.05, 0.1) is 18.8 Å². The monoisotopic (exact) mass is 184 g/mol. The second-order valence-electron chi connectivity index (χ2n) is 2.11. The highest BCUT2D eigenvalue weighted by Gasteiger charge is 2.03. The normalized spacial score (nSPS) is 12.0. The zero-order chi connectivity index (χ0) is 9.94. The fourth-order valence-corrected chi connectivity index (χ4v) is 0.524. The van der Waals surface area contributed by atoms with Crippen LogP contribution in [0.5, 0.6) is 0 Å². The van der Waals surface area contributed by atoms with Crippen LogP contribution in [-0.2, 0) is 14.2 Å². The van der Waals surface area contributed by atoms with Crippen molar-refractivity contribution >= 4 is 0 Å². The van der Waals surface area contributed by atoms with Gasteiger partial charge in [-0.05, 0) is 20.8 Å². The fraction of sp³-hybridized carbons (Fsp3) is 0.400. The van der Waals surface area contributed by atoms with Gasteiger partial charge in [0.25, 0.3) is 0 Å². The molecule has 0 N–H and O–H groups in total. The summed E-state index contributed by atoms with van der Waals surface area (Å²) in [6, 6.07) is 0. The van der Waals surface area contributed by atoms with E-state index in [2.05, 4.69) is 0 Å². The molecular weight excluding hydrogens is 168 g/mol. The third-order valence-electron chi connectivity index (χ3n) is 0.977. The molecule has 0 aliphatic rings. The summed E-state index contributed by atoms with van der Waals surface area (Å²) in [7, 11) is 0. The Hall–Kier alpha value is -1.38. The van der Waals surface area contributed by atoms with Crippen molar-refractivity contribution in [2.45, 2.75) is 27.2 Å². The molecule has 0 bridgehead atoms. The summed E-state index contributed by atoms with van der Waals surface area (Å²) in [5.41, 5.74) is 0. The molecule has 0 unspecified atom stereocenters. The van der Waals surface area contributed by atoms with E-state index < -0.39 is 6.48 Å². The van der Waals surface area contributed by atoms with Crippen molar-refractivity contribution in [3.63, 3.8) is 0 Å². The van der Waals surface area contributed by atoms with Crippen LogP contribution in [0.25, 0.3) is 0 Å². The first-order valence-electron chi connectivity index (χ1n) is 4.15. The minimum absolute atomic E-state index is 0.719. The molecule has 0 aliphatic carbocycles. The second kappa shape index (κ2) is 8.71. The molecule has 0 aromatic heterocycles. The predicted molar refractivity (Wildman–Crippen MR) is 51.5 cm³/mol. The van der Waals surface area contributed by atoms with Crippen LogP contribution in [0.15, 0.2) is 37.0 Å². The first-order chi connectivity index (χ1) is 6.35. The standard InChI is InChI=1S/C10H16O3/c1-4-7-11-10(12-8-5-2)13-9-6-3/h4-10H,1-3H3/b7-4+,8-5+,9-6+. The van der Waals surface area contributed by atoms with Crippen molar-refractivity contribution in [2.75, 3.05) is 0 Å². The summed E-state index contributed by atoms with van der Waals surface area (Å²) in [5.74, 6) is 0. The molecule has 0 saturated heterocycles. The van der Waals surface area contributed by atoms with Crippen molar-refractivity contribution < 1.29 is 14.2 Å². The summed E-state index contributed by atoms with van der Waals surface area (Å²) in [4.78, 5) is 0. The van der Waals surface area contributed by atoms with E-state index in [0.29, 0.717) is 0 Å². The molecule has 0 amide bonds. The minimum atomic E-state index is -0.719. The molecule has 3 nitrogen and oxygen atoms in total. The van der Waals surface area contributed by atoms with Crippen LogP contribution in [0.1, 0.15) is 20.8 Å². The Bertz CT molecular complexity index is 149. The first kappa shape index (κ1) is 11.6. The van der Waals surface area contributed by atoms with Crippen LogP contribution in [0.3, 0.4) is 0 Å². The molecule has 0 heterocycles. The van der Waals surface area contributed by atoms with E-state index in [9.17, 15) is 0 Å². The van der Waals surface area contributed by atoms with Gasteiger partial charge in [-0.25, -0.2) is 0 Å². The Morgan fingerprint density at radius 3 is 1.23 bits per heavy atom. The maximum Gasteiger partial charge on any atom is 0.404 e. The van der Waals surface area contributed by atoms with Gasteiger partial charge >= 0.3 is 6.48 Å². The highest BCUT2D eigenvalue weighted by molar-refractivity contribution is 4.70. The lowest BCUT2D eigenvalue weighted by Gasteiger charge is -2.13. The molecule has 0 atom stereocenters. The lowest BCUT2D eigenvalue weighted by molar-refractivity contribution is -0.212. The van der Waals surface area contributed by atoms with Crippen molar-refractivity contribution in [1.29, 1.82) is 0 Å². The van der Waals surface area contributed by atoms with Crippen LogP contribution in [-0.4, -0.2) is 6.48 Å². The third kappa shape index (κ3) is 7.00. The maximum absolute atomic E-state index is 5.07. The third-order valence-corrected chi connectivity index (χ3v) is 0.977. The van der Waals surface area contributed by atoms with E-state index in [-0.39, 0.29) is 0 Å². The number of allylic oxidation sites excluding steroid dienone is 3. The van der Waals surface area contributed by atoms with E-state index in [1.165, 1.54) is 18.8 Å². The van der Waals surface area contributed by atoms with Gasteiger partial charge in [-0.3, -0.25) is 0 Å².